The summed E-state index contributed by atoms with van der Waals surface area (Å²) in [7, 11) is 0. The predicted molar refractivity (Wildman–Crippen MR) is 114 cm³/mol. The molecule has 0 radical (unpaired) electrons. The average Bonchev–Trinajstić information content (AvgIpc) is 3.17. The minimum Gasteiger partial charge on any atom is -0.374 e. The quantitative estimate of drug-likeness (QED) is 0.567. The van der Waals surface area contributed by atoms with Gasteiger partial charge in [0.2, 0.25) is 0 Å². The van der Waals surface area contributed by atoms with Crippen LogP contribution in [-0.4, -0.2) is 24.9 Å². The molecule has 0 unspecified atom stereocenters. The summed E-state index contributed by atoms with van der Waals surface area (Å²) in [4.78, 5) is 0. The fourth-order valence-electron chi connectivity index (χ4n) is 4.26. The molecule has 3 aromatic rings. The van der Waals surface area contributed by atoms with Crippen molar-refractivity contribution in [1.82, 2.24) is 0 Å². The molecule has 1 saturated heterocycles. The van der Waals surface area contributed by atoms with Crippen LogP contribution in [0.4, 0.5) is 0 Å². The van der Waals surface area contributed by atoms with Crippen LogP contribution in [-0.2, 0) is 38.8 Å². The number of hydrogen-bond acceptors (Lipinski definition) is 4. The maximum atomic E-state index is 6.46. The van der Waals surface area contributed by atoms with E-state index < -0.39 is 0 Å². The Morgan fingerprint density at radius 3 is 2.20 bits per heavy atom. The molecule has 0 aliphatic carbocycles. The molecule has 0 bridgehead atoms. The highest BCUT2D eigenvalue weighted by molar-refractivity contribution is 5.32. The van der Waals surface area contributed by atoms with Gasteiger partial charge in [0.05, 0.1) is 26.4 Å². The number of ether oxygens (including phenoxy) is 4. The summed E-state index contributed by atoms with van der Waals surface area (Å²) in [5.41, 5.74) is 4.68. The van der Waals surface area contributed by atoms with Crippen LogP contribution < -0.4 is 0 Å². The van der Waals surface area contributed by atoms with Gasteiger partial charge >= 0.3 is 0 Å². The number of hydrogen-bond donors (Lipinski definition) is 0. The summed E-state index contributed by atoms with van der Waals surface area (Å²) < 4.78 is 25.1. The highest BCUT2D eigenvalue weighted by atomic mass is 16.6. The summed E-state index contributed by atoms with van der Waals surface area (Å²) >= 11 is 0. The average molecular weight is 402 g/mol. The molecule has 4 atom stereocenters. The lowest BCUT2D eigenvalue weighted by molar-refractivity contribution is -0.0919. The first-order valence-electron chi connectivity index (χ1n) is 10.5. The van der Waals surface area contributed by atoms with Gasteiger partial charge in [-0.05, 0) is 22.3 Å². The highest BCUT2D eigenvalue weighted by Crippen LogP contribution is 2.42. The van der Waals surface area contributed by atoms with Crippen molar-refractivity contribution in [2.45, 2.75) is 44.2 Å². The molecule has 0 saturated carbocycles. The van der Waals surface area contributed by atoms with Crippen molar-refractivity contribution in [1.29, 1.82) is 0 Å². The van der Waals surface area contributed by atoms with Gasteiger partial charge in [0.25, 0.3) is 0 Å². The Kier molecular flexibility index (Phi) is 5.91. The third-order valence-electron chi connectivity index (χ3n) is 5.78. The van der Waals surface area contributed by atoms with Crippen molar-refractivity contribution in [3.05, 3.63) is 107 Å². The van der Waals surface area contributed by atoms with Gasteiger partial charge in [0.1, 0.15) is 24.4 Å². The normalized spacial score (nSPS) is 24.9. The van der Waals surface area contributed by atoms with Gasteiger partial charge in [0.15, 0.2) is 0 Å². The molecule has 30 heavy (non-hydrogen) atoms. The maximum Gasteiger partial charge on any atom is 0.117 e. The van der Waals surface area contributed by atoms with Crippen LogP contribution in [0.5, 0.6) is 0 Å². The van der Waals surface area contributed by atoms with E-state index in [0.717, 1.165) is 11.1 Å². The molecule has 154 valence electrons. The second kappa shape index (κ2) is 9.11. The SMILES string of the molecule is c1ccc(COC[C@H]2O[C@H]3c4ccccc4CO[C@@H]3[C@@H]2OCc2ccccc2)cc1. The Labute approximate surface area is 177 Å². The van der Waals surface area contributed by atoms with Crippen molar-refractivity contribution in [3.8, 4) is 0 Å². The molecular weight excluding hydrogens is 376 g/mol. The Balaban J connectivity index is 1.31. The highest BCUT2D eigenvalue weighted by Gasteiger charge is 2.49. The fourth-order valence-corrected chi connectivity index (χ4v) is 4.26. The lowest BCUT2D eigenvalue weighted by atomic mass is 9.94. The summed E-state index contributed by atoms with van der Waals surface area (Å²) in [5, 5.41) is 0. The topological polar surface area (TPSA) is 36.9 Å². The molecule has 2 aliphatic heterocycles. The summed E-state index contributed by atoms with van der Waals surface area (Å²) in [6, 6.07) is 28.8. The predicted octanol–water partition coefficient (Wildman–Crippen LogP) is 4.83. The van der Waals surface area contributed by atoms with E-state index in [-0.39, 0.29) is 24.4 Å². The van der Waals surface area contributed by atoms with E-state index in [4.69, 9.17) is 18.9 Å². The smallest absolute Gasteiger partial charge is 0.117 e. The molecule has 4 nitrogen and oxygen atoms in total. The minimum absolute atomic E-state index is 0.124. The largest absolute Gasteiger partial charge is 0.374 e. The van der Waals surface area contributed by atoms with Gasteiger partial charge in [-0.1, -0.05) is 84.9 Å². The van der Waals surface area contributed by atoms with Crippen molar-refractivity contribution >= 4 is 0 Å². The number of rotatable bonds is 7. The molecule has 0 aromatic heterocycles. The zero-order chi connectivity index (χ0) is 20.2. The van der Waals surface area contributed by atoms with Crippen LogP contribution >= 0.6 is 0 Å². The molecule has 1 fully saturated rings. The van der Waals surface area contributed by atoms with Gasteiger partial charge in [-0.2, -0.15) is 0 Å². The Hall–Kier alpha value is -2.50. The second-order valence-electron chi connectivity index (χ2n) is 7.83. The minimum atomic E-state index is -0.182. The molecule has 0 amide bonds. The standard InChI is InChI=1S/C26H26O4/c1-3-9-19(10-4-1)15-27-18-23-25(28-16-20-11-5-2-6-12-20)26-24(30-23)22-14-8-7-13-21(22)17-29-26/h1-14,23-26H,15-18H2/t23-,24+,25-,26+/m1/s1. The number of benzene rings is 3. The van der Waals surface area contributed by atoms with Crippen LogP contribution in [0.1, 0.15) is 28.4 Å². The molecule has 0 spiro atoms. The zero-order valence-corrected chi connectivity index (χ0v) is 16.9. The van der Waals surface area contributed by atoms with Crippen LogP contribution in [0, 0.1) is 0 Å². The first-order valence-corrected chi connectivity index (χ1v) is 10.5. The summed E-state index contributed by atoms with van der Waals surface area (Å²) in [6.07, 6.45) is -0.618. The molecule has 0 N–H and O–H groups in total. The van der Waals surface area contributed by atoms with Crippen molar-refractivity contribution in [3.63, 3.8) is 0 Å². The Morgan fingerprint density at radius 2 is 1.43 bits per heavy atom. The van der Waals surface area contributed by atoms with E-state index in [2.05, 4.69) is 42.5 Å². The van der Waals surface area contributed by atoms with Gasteiger partial charge in [0, 0.05) is 0 Å². The van der Waals surface area contributed by atoms with Crippen LogP contribution in [0.25, 0.3) is 0 Å². The second-order valence-corrected chi connectivity index (χ2v) is 7.83. The first-order chi connectivity index (χ1) is 14.9. The first kappa shape index (κ1) is 19.5. The van der Waals surface area contributed by atoms with E-state index in [0.29, 0.717) is 26.4 Å². The molecule has 2 heterocycles. The van der Waals surface area contributed by atoms with Crippen LogP contribution in [0.3, 0.4) is 0 Å². The van der Waals surface area contributed by atoms with Gasteiger partial charge < -0.3 is 18.9 Å². The lowest BCUT2D eigenvalue weighted by Crippen LogP contribution is -2.39. The van der Waals surface area contributed by atoms with Gasteiger partial charge in [-0.3, -0.25) is 0 Å². The van der Waals surface area contributed by atoms with E-state index in [9.17, 15) is 0 Å². The molecule has 3 aromatic carbocycles. The van der Waals surface area contributed by atoms with Crippen LogP contribution in [0.15, 0.2) is 84.9 Å². The molecule has 2 aliphatic rings. The monoisotopic (exact) mass is 402 g/mol. The van der Waals surface area contributed by atoms with Gasteiger partial charge in [-0.15, -0.1) is 0 Å². The molecule has 4 heteroatoms. The zero-order valence-electron chi connectivity index (χ0n) is 16.9. The van der Waals surface area contributed by atoms with E-state index in [1.54, 1.807) is 0 Å². The third-order valence-corrected chi connectivity index (χ3v) is 5.78. The lowest BCUT2D eigenvalue weighted by Gasteiger charge is -2.30. The fraction of sp³-hybridized carbons (Fsp3) is 0.308. The third kappa shape index (κ3) is 4.18. The van der Waals surface area contributed by atoms with Crippen LogP contribution in [0.2, 0.25) is 0 Å². The van der Waals surface area contributed by atoms with E-state index in [1.807, 2.05) is 42.5 Å². The van der Waals surface area contributed by atoms with Gasteiger partial charge in [-0.25, -0.2) is 0 Å². The van der Waals surface area contributed by atoms with E-state index in [1.165, 1.54) is 11.1 Å². The Morgan fingerprint density at radius 1 is 0.767 bits per heavy atom. The summed E-state index contributed by atoms with van der Waals surface area (Å²) in [5.74, 6) is 0. The molecule has 5 rings (SSSR count). The Bertz CT molecular complexity index is 944. The summed E-state index contributed by atoms with van der Waals surface area (Å²) in [6.45, 7) is 2.13. The number of fused-ring (bicyclic) bond motifs is 3. The van der Waals surface area contributed by atoms with E-state index >= 15 is 0 Å². The molecular formula is C26H26O4. The maximum absolute atomic E-state index is 6.46. The van der Waals surface area contributed by atoms with Crippen molar-refractivity contribution < 1.29 is 18.9 Å². The van der Waals surface area contributed by atoms with Crippen molar-refractivity contribution in [2.24, 2.45) is 0 Å². The van der Waals surface area contributed by atoms with Crippen molar-refractivity contribution in [2.75, 3.05) is 6.61 Å².